The Bertz CT molecular complexity index is 611. The number of ether oxygens (including phenoxy) is 3. The summed E-state index contributed by atoms with van der Waals surface area (Å²) in [6.07, 6.45) is 2.91. The lowest BCUT2D eigenvalue weighted by molar-refractivity contribution is -0.123. The van der Waals surface area contributed by atoms with Crippen LogP contribution in [0.4, 0.5) is 4.79 Å². The Balaban J connectivity index is 1.71. The van der Waals surface area contributed by atoms with Gasteiger partial charge in [-0.2, -0.15) is 0 Å². The quantitative estimate of drug-likeness (QED) is 0.680. The molecule has 26 heavy (non-hydrogen) atoms. The van der Waals surface area contributed by atoms with Crippen molar-refractivity contribution in [2.45, 2.75) is 32.3 Å². The first-order valence-corrected chi connectivity index (χ1v) is 8.67. The molecule has 1 saturated heterocycles. The minimum atomic E-state index is -0.691. The molecule has 1 fully saturated rings. The van der Waals surface area contributed by atoms with E-state index < -0.39 is 24.5 Å². The average Bonchev–Trinajstić information content (AvgIpc) is 3.16. The predicted octanol–water partition coefficient (Wildman–Crippen LogP) is 1.64. The molecule has 0 bridgehead atoms. The first-order valence-electron chi connectivity index (χ1n) is 8.67. The molecule has 1 heterocycles. The van der Waals surface area contributed by atoms with Gasteiger partial charge < -0.3 is 19.5 Å². The first-order chi connectivity index (χ1) is 12.6. The third-order valence-electron chi connectivity index (χ3n) is 3.67. The van der Waals surface area contributed by atoms with Crippen molar-refractivity contribution in [1.82, 2.24) is 10.6 Å². The van der Waals surface area contributed by atoms with Crippen LogP contribution in [0.5, 0.6) is 5.75 Å². The van der Waals surface area contributed by atoms with Gasteiger partial charge in [-0.3, -0.25) is 10.1 Å². The van der Waals surface area contributed by atoms with Crippen molar-refractivity contribution >= 4 is 17.9 Å². The van der Waals surface area contributed by atoms with E-state index in [0.717, 1.165) is 25.9 Å². The van der Waals surface area contributed by atoms with E-state index in [2.05, 4.69) is 10.6 Å². The van der Waals surface area contributed by atoms with Crippen LogP contribution in [0.2, 0.25) is 0 Å². The molecular formula is C18H24N2O6. The van der Waals surface area contributed by atoms with Crippen molar-refractivity contribution in [2.24, 2.45) is 0 Å². The molecule has 0 spiro atoms. The largest absolute Gasteiger partial charge is 0.491 e. The molecule has 0 aliphatic carbocycles. The van der Waals surface area contributed by atoms with Crippen LogP contribution in [0.1, 0.15) is 36.5 Å². The van der Waals surface area contributed by atoms with E-state index in [9.17, 15) is 14.4 Å². The summed E-state index contributed by atoms with van der Waals surface area (Å²) in [7, 11) is 0. The number of benzene rings is 1. The van der Waals surface area contributed by atoms with Gasteiger partial charge in [0.2, 0.25) is 0 Å². The maximum Gasteiger partial charge on any atom is 0.338 e. The van der Waals surface area contributed by atoms with Crippen molar-refractivity contribution in [3.63, 3.8) is 0 Å². The van der Waals surface area contributed by atoms with Crippen molar-refractivity contribution < 1.29 is 28.6 Å². The number of hydrogen-bond donors (Lipinski definition) is 2. The minimum absolute atomic E-state index is 0.118. The number of carbonyl (C=O) groups is 3. The van der Waals surface area contributed by atoms with Gasteiger partial charge in [-0.05, 0) is 43.5 Å². The highest BCUT2D eigenvalue weighted by molar-refractivity contribution is 5.97. The molecule has 3 amide bonds. The van der Waals surface area contributed by atoms with E-state index in [4.69, 9.17) is 14.2 Å². The van der Waals surface area contributed by atoms with E-state index in [1.807, 2.05) is 6.92 Å². The fourth-order valence-corrected chi connectivity index (χ4v) is 2.31. The number of imide groups is 1. The minimum Gasteiger partial charge on any atom is -0.491 e. The summed E-state index contributed by atoms with van der Waals surface area (Å²) in [5, 5.41) is 4.56. The molecule has 0 unspecified atom stereocenters. The predicted molar refractivity (Wildman–Crippen MR) is 93.0 cm³/mol. The van der Waals surface area contributed by atoms with Gasteiger partial charge in [0.25, 0.3) is 5.91 Å². The van der Waals surface area contributed by atoms with E-state index in [1.54, 1.807) is 24.3 Å². The molecular weight excluding hydrogens is 340 g/mol. The molecule has 2 N–H and O–H groups in total. The van der Waals surface area contributed by atoms with Crippen molar-refractivity contribution in [3.8, 4) is 5.75 Å². The number of hydrogen-bond acceptors (Lipinski definition) is 6. The van der Waals surface area contributed by atoms with Gasteiger partial charge in [-0.15, -0.1) is 0 Å². The zero-order valence-corrected chi connectivity index (χ0v) is 14.8. The van der Waals surface area contributed by atoms with Crippen LogP contribution in [0.25, 0.3) is 0 Å². The number of urea groups is 1. The number of carbonyl (C=O) groups excluding carboxylic acids is 3. The van der Waals surface area contributed by atoms with Gasteiger partial charge in [0.05, 0.1) is 11.7 Å². The fraction of sp³-hybridized carbons (Fsp3) is 0.500. The molecule has 8 heteroatoms. The van der Waals surface area contributed by atoms with Gasteiger partial charge in [0, 0.05) is 13.2 Å². The third kappa shape index (κ3) is 6.72. The molecule has 1 atom stereocenters. The van der Waals surface area contributed by atoms with Gasteiger partial charge in [-0.25, -0.2) is 9.59 Å². The van der Waals surface area contributed by atoms with E-state index >= 15 is 0 Å². The number of amides is 3. The zero-order chi connectivity index (χ0) is 18.8. The smallest absolute Gasteiger partial charge is 0.338 e. The summed E-state index contributed by atoms with van der Waals surface area (Å²) in [5.74, 6) is -0.717. The first kappa shape index (κ1) is 19.7. The number of esters is 1. The summed E-state index contributed by atoms with van der Waals surface area (Å²) in [4.78, 5) is 34.8. The standard InChI is InChI=1S/C18H24N2O6/c1-2-9-19-18(23)20-16(21)12-26-17(22)13-5-7-14(8-6-13)25-11-15-4-3-10-24-15/h5-8,15H,2-4,9-12H2,1H3,(H2,19,20,21,23)/t15-/m1/s1. The second-order valence-electron chi connectivity index (χ2n) is 5.85. The molecule has 0 radical (unpaired) electrons. The fourth-order valence-electron chi connectivity index (χ4n) is 2.31. The van der Waals surface area contributed by atoms with Crippen molar-refractivity contribution in [1.29, 1.82) is 0 Å². The third-order valence-corrected chi connectivity index (χ3v) is 3.67. The summed E-state index contributed by atoms with van der Waals surface area (Å²) in [5.41, 5.74) is 0.290. The van der Waals surface area contributed by atoms with Crippen LogP contribution in [-0.2, 0) is 14.3 Å². The number of nitrogens with one attached hydrogen (secondary N) is 2. The van der Waals surface area contributed by atoms with E-state index in [0.29, 0.717) is 18.9 Å². The monoisotopic (exact) mass is 364 g/mol. The second kappa shape index (κ2) is 10.4. The van der Waals surface area contributed by atoms with Crippen molar-refractivity contribution in [2.75, 3.05) is 26.4 Å². The van der Waals surface area contributed by atoms with Crippen LogP contribution in [0.15, 0.2) is 24.3 Å². The Morgan fingerprint density at radius 1 is 1.23 bits per heavy atom. The molecule has 0 saturated carbocycles. The topological polar surface area (TPSA) is 103 Å². The van der Waals surface area contributed by atoms with Gasteiger partial charge in [0.15, 0.2) is 6.61 Å². The molecule has 1 aromatic carbocycles. The Morgan fingerprint density at radius 3 is 2.65 bits per heavy atom. The summed E-state index contributed by atoms with van der Waals surface area (Å²) in [6.45, 7) is 3.06. The highest BCUT2D eigenvalue weighted by Gasteiger charge is 2.16. The highest BCUT2D eigenvalue weighted by Crippen LogP contribution is 2.17. The lowest BCUT2D eigenvalue weighted by atomic mass is 10.2. The SMILES string of the molecule is CCCNC(=O)NC(=O)COC(=O)c1ccc(OC[C@H]2CCCO2)cc1. The maximum absolute atomic E-state index is 11.9. The van der Waals surface area contributed by atoms with Crippen LogP contribution in [0.3, 0.4) is 0 Å². The zero-order valence-electron chi connectivity index (χ0n) is 14.8. The molecule has 1 aliphatic rings. The van der Waals surface area contributed by atoms with Gasteiger partial charge in [-0.1, -0.05) is 6.92 Å². The lowest BCUT2D eigenvalue weighted by Gasteiger charge is -2.11. The van der Waals surface area contributed by atoms with Crippen LogP contribution in [-0.4, -0.2) is 50.4 Å². The Labute approximate surface area is 152 Å². The highest BCUT2D eigenvalue weighted by atomic mass is 16.5. The summed E-state index contributed by atoms with van der Waals surface area (Å²) >= 11 is 0. The van der Waals surface area contributed by atoms with E-state index in [1.165, 1.54) is 0 Å². The Hall–Kier alpha value is -2.61. The van der Waals surface area contributed by atoms with Crippen molar-refractivity contribution in [3.05, 3.63) is 29.8 Å². The van der Waals surface area contributed by atoms with Crippen LogP contribution in [0, 0.1) is 0 Å². The summed E-state index contributed by atoms with van der Waals surface area (Å²) in [6, 6.07) is 5.81. The molecule has 1 aliphatic heterocycles. The van der Waals surface area contributed by atoms with E-state index in [-0.39, 0.29) is 11.7 Å². The molecule has 8 nitrogen and oxygen atoms in total. The second-order valence-corrected chi connectivity index (χ2v) is 5.85. The van der Waals surface area contributed by atoms with Gasteiger partial charge in [0.1, 0.15) is 12.4 Å². The molecule has 0 aromatic heterocycles. The Kier molecular flexibility index (Phi) is 7.88. The maximum atomic E-state index is 11.9. The Morgan fingerprint density at radius 2 is 2.00 bits per heavy atom. The van der Waals surface area contributed by atoms with Crippen LogP contribution >= 0.6 is 0 Å². The molecule has 1 aromatic rings. The average molecular weight is 364 g/mol. The number of rotatable bonds is 8. The summed E-state index contributed by atoms with van der Waals surface area (Å²) < 4.78 is 16.0. The van der Waals surface area contributed by atoms with Gasteiger partial charge >= 0.3 is 12.0 Å². The lowest BCUT2D eigenvalue weighted by Crippen LogP contribution is -2.41. The molecule has 142 valence electrons. The van der Waals surface area contributed by atoms with Crippen LogP contribution < -0.4 is 15.4 Å². The normalized spacial score (nSPS) is 16.0. The molecule has 2 rings (SSSR count).